The first kappa shape index (κ1) is 11.7. The van der Waals surface area contributed by atoms with Gasteiger partial charge in [0.25, 0.3) is 0 Å². The maximum Gasteiger partial charge on any atom is 0.212 e. The number of aliphatic hydroxyl groups excluding tert-OH is 1. The van der Waals surface area contributed by atoms with Crippen molar-refractivity contribution in [3.05, 3.63) is 47.0 Å². The molecule has 0 aliphatic heterocycles. The zero-order chi connectivity index (χ0) is 11.5. The minimum absolute atomic E-state index is 0.147. The Kier molecular flexibility index (Phi) is 3.48. The predicted octanol–water partition coefficient (Wildman–Crippen LogP) is 1.43. The summed E-state index contributed by atoms with van der Waals surface area (Å²) in [6, 6.07) is 6.39. The van der Waals surface area contributed by atoms with Crippen LogP contribution < -0.4 is 0 Å². The van der Waals surface area contributed by atoms with Crippen molar-refractivity contribution < 1.29 is 13.5 Å². The molecule has 15 heavy (non-hydrogen) atoms. The molecule has 0 saturated carbocycles. The quantitative estimate of drug-likeness (QED) is 0.790. The molecule has 4 heteroatoms. The smallest absolute Gasteiger partial charge is 0.212 e. The first-order valence-corrected chi connectivity index (χ1v) is 5.82. The van der Waals surface area contributed by atoms with E-state index >= 15 is 0 Å². The van der Waals surface area contributed by atoms with E-state index in [4.69, 9.17) is 5.11 Å². The van der Waals surface area contributed by atoms with Crippen molar-refractivity contribution in [2.24, 2.45) is 0 Å². The summed E-state index contributed by atoms with van der Waals surface area (Å²) in [6.07, 6.45) is 0. The first-order valence-electron chi connectivity index (χ1n) is 4.34. The zero-order valence-electron chi connectivity index (χ0n) is 8.40. The second-order valence-corrected chi connectivity index (χ2v) is 5.05. The molecule has 1 aromatic rings. The lowest BCUT2D eigenvalue weighted by Crippen LogP contribution is -2.07. The number of sulfone groups is 1. The highest BCUT2D eigenvalue weighted by molar-refractivity contribution is 7.95. The van der Waals surface area contributed by atoms with Crippen molar-refractivity contribution in [2.75, 3.05) is 6.61 Å². The molecule has 0 aliphatic carbocycles. The van der Waals surface area contributed by atoms with Gasteiger partial charge in [0.2, 0.25) is 9.84 Å². The van der Waals surface area contributed by atoms with E-state index in [1.54, 1.807) is 12.1 Å². The minimum Gasteiger partial charge on any atom is -0.390 e. The molecular formula is C11H12O3S. The number of aliphatic hydroxyl groups is 1. The zero-order valence-corrected chi connectivity index (χ0v) is 9.21. The second-order valence-electron chi connectivity index (χ2n) is 3.07. The Balaban J connectivity index is 3.29. The molecule has 1 aromatic carbocycles. The van der Waals surface area contributed by atoms with Crippen LogP contribution in [0.25, 0.3) is 0 Å². The van der Waals surface area contributed by atoms with E-state index in [9.17, 15) is 8.42 Å². The van der Waals surface area contributed by atoms with Crippen LogP contribution in [0.2, 0.25) is 0 Å². The van der Waals surface area contributed by atoms with E-state index in [1.165, 1.54) is 12.1 Å². The van der Waals surface area contributed by atoms with Crippen molar-refractivity contribution >= 4 is 9.84 Å². The number of rotatable bonds is 3. The number of hydrogen-bond donors (Lipinski definition) is 1. The molecule has 0 atom stereocenters. The molecule has 0 aromatic heterocycles. The molecule has 1 N–H and O–H groups in total. The van der Waals surface area contributed by atoms with Crippen molar-refractivity contribution in [1.29, 1.82) is 0 Å². The molecule has 0 bridgehead atoms. The van der Waals surface area contributed by atoms with E-state index in [2.05, 4.69) is 12.3 Å². The van der Waals surface area contributed by atoms with E-state index in [-0.39, 0.29) is 9.80 Å². The molecule has 3 nitrogen and oxygen atoms in total. The molecule has 0 saturated heterocycles. The lowest BCUT2D eigenvalue weighted by molar-refractivity contribution is 0.338. The van der Waals surface area contributed by atoms with Crippen LogP contribution in [0.5, 0.6) is 0 Å². The van der Waals surface area contributed by atoms with Gasteiger partial charge in [-0.25, -0.2) is 8.42 Å². The van der Waals surface area contributed by atoms with E-state index in [0.29, 0.717) is 0 Å². The van der Waals surface area contributed by atoms with Gasteiger partial charge in [0.1, 0.15) is 4.91 Å². The van der Waals surface area contributed by atoms with Crippen LogP contribution in [0.15, 0.2) is 46.4 Å². The first-order chi connectivity index (χ1) is 7.02. The van der Waals surface area contributed by atoms with E-state index in [0.717, 1.165) is 5.56 Å². The van der Waals surface area contributed by atoms with Crippen LogP contribution in [0.1, 0.15) is 5.56 Å². The van der Waals surface area contributed by atoms with Gasteiger partial charge in [-0.15, -0.1) is 5.73 Å². The summed E-state index contributed by atoms with van der Waals surface area (Å²) >= 11 is 0. The largest absolute Gasteiger partial charge is 0.390 e. The van der Waals surface area contributed by atoms with Gasteiger partial charge in [-0.1, -0.05) is 24.3 Å². The molecule has 0 spiro atoms. The monoisotopic (exact) mass is 224 g/mol. The Morgan fingerprint density at radius 1 is 1.40 bits per heavy atom. The maximum absolute atomic E-state index is 11.8. The third kappa shape index (κ3) is 2.36. The van der Waals surface area contributed by atoms with E-state index < -0.39 is 16.4 Å². The summed E-state index contributed by atoms with van der Waals surface area (Å²) in [5.74, 6) is 0. The third-order valence-corrected chi connectivity index (χ3v) is 3.81. The lowest BCUT2D eigenvalue weighted by atomic mass is 10.2. The van der Waals surface area contributed by atoms with Crippen LogP contribution in [0.3, 0.4) is 0 Å². The number of hydrogen-bond acceptors (Lipinski definition) is 3. The number of aryl methyl sites for hydroxylation is 1. The van der Waals surface area contributed by atoms with Gasteiger partial charge in [0.05, 0.1) is 11.5 Å². The Labute approximate surface area is 89.3 Å². The van der Waals surface area contributed by atoms with Gasteiger partial charge >= 0.3 is 0 Å². The molecule has 0 heterocycles. The minimum atomic E-state index is -3.62. The Morgan fingerprint density at radius 2 is 1.93 bits per heavy atom. The fourth-order valence-corrected chi connectivity index (χ4v) is 2.23. The number of benzene rings is 1. The molecule has 0 fully saturated rings. The topological polar surface area (TPSA) is 54.4 Å². The normalized spacial score (nSPS) is 10.8. The highest BCUT2D eigenvalue weighted by atomic mass is 32.2. The van der Waals surface area contributed by atoms with E-state index in [1.807, 2.05) is 6.92 Å². The summed E-state index contributed by atoms with van der Waals surface area (Å²) in [5, 5.41) is 8.86. The van der Waals surface area contributed by atoms with Gasteiger partial charge < -0.3 is 5.11 Å². The van der Waals surface area contributed by atoms with Crippen LogP contribution in [0, 0.1) is 6.92 Å². The molecule has 0 radical (unpaired) electrons. The summed E-state index contributed by atoms with van der Waals surface area (Å²) in [6.45, 7) is 4.52. The molecule has 80 valence electrons. The fraction of sp³-hybridized carbons (Fsp3) is 0.182. The lowest BCUT2D eigenvalue weighted by Gasteiger charge is -2.04. The predicted molar refractivity (Wildman–Crippen MR) is 58.1 cm³/mol. The Hall–Kier alpha value is -1.35. The summed E-state index contributed by atoms with van der Waals surface area (Å²) < 4.78 is 23.6. The Bertz CT molecular complexity index is 491. The highest BCUT2D eigenvalue weighted by Gasteiger charge is 2.18. The molecular weight excluding hydrogens is 212 g/mol. The average Bonchev–Trinajstić information content (AvgIpc) is 2.19. The maximum atomic E-state index is 11.8. The summed E-state index contributed by atoms with van der Waals surface area (Å²) in [7, 11) is -3.62. The van der Waals surface area contributed by atoms with Gasteiger partial charge in [0.15, 0.2) is 0 Å². The van der Waals surface area contributed by atoms with Crippen LogP contribution in [-0.4, -0.2) is 20.1 Å². The SMILES string of the molecule is C=C=C(CO)S(=O)(=O)c1ccc(C)cc1. The molecule has 0 amide bonds. The van der Waals surface area contributed by atoms with Crippen molar-refractivity contribution in [2.45, 2.75) is 11.8 Å². The molecule has 0 aliphatic rings. The van der Waals surface area contributed by atoms with Crippen molar-refractivity contribution in [3.8, 4) is 0 Å². The van der Waals surface area contributed by atoms with Crippen LogP contribution >= 0.6 is 0 Å². The standard InChI is InChI=1S/C11H12O3S/c1-3-10(8-12)15(13,14)11-6-4-9(2)5-7-11/h4-7,12H,1,8H2,2H3. The van der Waals surface area contributed by atoms with Crippen molar-refractivity contribution in [1.82, 2.24) is 0 Å². The summed E-state index contributed by atoms with van der Waals surface area (Å²) in [5.41, 5.74) is 3.21. The molecule has 1 rings (SSSR count). The van der Waals surface area contributed by atoms with Gasteiger partial charge in [0, 0.05) is 0 Å². The Morgan fingerprint density at radius 3 is 2.33 bits per heavy atom. The van der Waals surface area contributed by atoms with Crippen LogP contribution in [0.4, 0.5) is 0 Å². The fourth-order valence-electron chi connectivity index (χ4n) is 1.10. The van der Waals surface area contributed by atoms with Gasteiger partial charge in [-0.05, 0) is 19.1 Å². The molecule has 0 unspecified atom stereocenters. The highest BCUT2D eigenvalue weighted by Crippen LogP contribution is 2.18. The van der Waals surface area contributed by atoms with Gasteiger partial charge in [-0.2, -0.15) is 0 Å². The average molecular weight is 224 g/mol. The third-order valence-electron chi connectivity index (χ3n) is 2.00. The second kappa shape index (κ2) is 4.45. The summed E-state index contributed by atoms with van der Waals surface area (Å²) in [4.78, 5) is -0.0559. The van der Waals surface area contributed by atoms with Crippen molar-refractivity contribution in [3.63, 3.8) is 0 Å². The van der Waals surface area contributed by atoms with Crippen LogP contribution in [-0.2, 0) is 9.84 Å². The van der Waals surface area contributed by atoms with Gasteiger partial charge in [-0.3, -0.25) is 0 Å².